The number of hydrogen-bond acceptors (Lipinski definition) is 5. The summed E-state index contributed by atoms with van der Waals surface area (Å²) in [5.74, 6) is -1.30. The van der Waals surface area contributed by atoms with E-state index in [1.165, 1.54) is 24.1 Å². The zero-order valence-corrected chi connectivity index (χ0v) is 15.5. The molecule has 0 spiro atoms. The number of amides is 1. The summed E-state index contributed by atoms with van der Waals surface area (Å²) in [4.78, 5) is 25.6. The topological polar surface area (TPSA) is 70.4 Å². The molecule has 1 fully saturated rings. The number of thioether (sulfide) groups is 1. The van der Waals surface area contributed by atoms with Crippen LogP contribution in [0.4, 0.5) is 13.2 Å². The summed E-state index contributed by atoms with van der Waals surface area (Å²) in [6, 6.07) is 6.96. The molecule has 27 heavy (non-hydrogen) atoms. The first kappa shape index (κ1) is 21.1. The number of carbonyl (C=O) groups excluding carboxylic acids is 2. The Bertz CT molecular complexity index is 723. The maximum Gasteiger partial charge on any atom is 0.446 e. The highest BCUT2D eigenvalue weighted by Gasteiger charge is 2.39. The molecule has 9 heteroatoms. The minimum Gasteiger partial charge on any atom is -0.452 e. The third kappa shape index (κ3) is 5.63. The summed E-state index contributed by atoms with van der Waals surface area (Å²) in [5, 5.41) is 9.49. The molecule has 0 atom stereocenters. The van der Waals surface area contributed by atoms with E-state index in [0.717, 1.165) is 31.4 Å². The zero-order valence-electron chi connectivity index (χ0n) is 14.7. The highest BCUT2D eigenvalue weighted by molar-refractivity contribution is 8.00. The molecular formula is C18H19F3N2O3S. The van der Waals surface area contributed by atoms with E-state index in [2.05, 4.69) is 6.07 Å². The van der Waals surface area contributed by atoms with Gasteiger partial charge in [0, 0.05) is 11.9 Å². The van der Waals surface area contributed by atoms with Gasteiger partial charge < -0.3 is 9.64 Å². The summed E-state index contributed by atoms with van der Waals surface area (Å²) < 4.78 is 41.9. The van der Waals surface area contributed by atoms with E-state index in [0.29, 0.717) is 12.8 Å². The SMILES string of the molecule is CN(C(=O)COC(=O)c1ccc(SC(F)(F)F)cc1)C1(C#N)CCCCC1. The first-order chi connectivity index (χ1) is 12.7. The molecule has 0 bridgehead atoms. The van der Waals surface area contributed by atoms with Gasteiger partial charge in [0.1, 0.15) is 5.54 Å². The van der Waals surface area contributed by atoms with Crippen LogP contribution in [-0.4, -0.2) is 41.5 Å². The van der Waals surface area contributed by atoms with E-state index in [4.69, 9.17) is 4.74 Å². The van der Waals surface area contributed by atoms with Gasteiger partial charge in [0.15, 0.2) is 6.61 Å². The smallest absolute Gasteiger partial charge is 0.446 e. The summed E-state index contributed by atoms with van der Waals surface area (Å²) in [6.45, 7) is -0.530. The van der Waals surface area contributed by atoms with Crippen molar-refractivity contribution < 1.29 is 27.5 Å². The molecule has 0 N–H and O–H groups in total. The van der Waals surface area contributed by atoms with E-state index < -0.39 is 29.5 Å². The van der Waals surface area contributed by atoms with Crippen LogP contribution >= 0.6 is 11.8 Å². The Morgan fingerprint density at radius 2 is 1.81 bits per heavy atom. The number of halogens is 3. The van der Waals surface area contributed by atoms with Crippen LogP contribution in [0.1, 0.15) is 42.5 Å². The van der Waals surface area contributed by atoms with E-state index in [1.807, 2.05) is 0 Å². The minimum atomic E-state index is -4.41. The second-order valence-electron chi connectivity index (χ2n) is 6.31. The molecule has 0 aromatic heterocycles. The van der Waals surface area contributed by atoms with Gasteiger partial charge in [-0.25, -0.2) is 4.79 Å². The van der Waals surface area contributed by atoms with Gasteiger partial charge >= 0.3 is 11.5 Å². The van der Waals surface area contributed by atoms with E-state index in [9.17, 15) is 28.0 Å². The summed E-state index contributed by atoms with van der Waals surface area (Å²) in [6.07, 6.45) is 3.89. The largest absolute Gasteiger partial charge is 0.452 e. The van der Waals surface area contributed by atoms with Gasteiger partial charge in [0.05, 0.1) is 11.6 Å². The number of nitrogens with zero attached hydrogens (tertiary/aromatic N) is 2. The molecule has 1 amide bonds. The van der Waals surface area contributed by atoms with Crippen LogP contribution in [0, 0.1) is 11.3 Å². The highest BCUT2D eigenvalue weighted by Crippen LogP contribution is 2.36. The first-order valence-corrected chi connectivity index (χ1v) is 9.19. The second kappa shape index (κ2) is 8.65. The quantitative estimate of drug-likeness (QED) is 0.549. The maximum atomic E-state index is 12.3. The molecule has 0 radical (unpaired) electrons. The van der Waals surface area contributed by atoms with Crippen molar-refractivity contribution in [2.45, 2.75) is 48.0 Å². The second-order valence-corrected chi connectivity index (χ2v) is 7.44. The van der Waals surface area contributed by atoms with Crippen molar-refractivity contribution in [1.82, 2.24) is 4.90 Å². The summed E-state index contributed by atoms with van der Waals surface area (Å²) >= 11 is -0.282. The molecule has 0 unspecified atom stereocenters. The Labute approximate surface area is 159 Å². The Morgan fingerprint density at radius 3 is 2.33 bits per heavy atom. The van der Waals surface area contributed by atoms with Crippen LogP contribution in [0.2, 0.25) is 0 Å². The average molecular weight is 400 g/mol. The number of hydrogen-bond donors (Lipinski definition) is 0. The van der Waals surface area contributed by atoms with Crippen molar-refractivity contribution in [1.29, 1.82) is 5.26 Å². The van der Waals surface area contributed by atoms with Crippen LogP contribution in [0.15, 0.2) is 29.2 Å². The predicted molar refractivity (Wildman–Crippen MR) is 92.8 cm³/mol. The van der Waals surface area contributed by atoms with Crippen molar-refractivity contribution in [3.8, 4) is 6.07 Å². The fraction of sp³-hybridized carbons (Fsp3) is 0.500. The molecule has 0 saturated heterocycles. The third-order valence-electron chi connectivity index (χ3n) is 4.56. The third-order valence-corrected chi connectivity index (χ3v) is 5.29. The van der Waals surface area contributed by atoms with E-state index >= 15 is 0 Å². The molecule has 1 aromatic carbocycles. The van der Waals surface area contributed by atoms with Crippen molar-refractivity contribution in [2.24, 2.45) is 0 Å². The Hall–Kier alpha value is -2.21. The van der Waals surface area contributed by atoms with Crippen molar-refractivity contribution in [3.63, 3.8) is 0 Å². The number of likely N-dealkylation sites (N-methyl/N-ethyl adjacent to an activating group) is 1. The van der Waals surface area contributed by atoms with Crippen LogP contribution in [0.5, 0.6) is 0 Å². The first-order valence-electron chi connectivity index (χ1n) is 8.38. The van der Waals surface area contributed by atoms with Gasteiger partial charge in [-0.2, -0.15) is 18.4 Å². The number of ether oxygens (including phenoxy) is 1. The van der Waals surface area contributed by atoms with Gasteiger partial charge in [-0.05, 0) is 48.9 Å². The molecule has 1 aromatic rings. The average Bonchev–Trinajstić information content (AvgIpc) is 2.65. The normalized spacial score (nSPS) is 16.3. The number of esters is 1. The number of benzene rings is 1. The highest BCUT2D eigenvalue weighted by atomic mass is 32.2. The van der Waals surface area contributed by atoms with E-state index in [1.54, 1.807) is 0 Å². The molecular weight excluding hydrogens is 381 g/mol. The lowest BCUT2D eigenvalue weighted by Gasteiger charge is -2.38. The fourth-order valence-corrected chi connectivity index (χ4v) is 3.54. The van der Waals surface area contributed by atoms with Gasteiger partial charge in [-0.1, -0.05) is 19.3 Å². The molecule has 146 valence electrons. The molecule has 0 heterocycles. The van der Waals surface area contributed by atoms with Crippen molar-refractivity contribution >= 4 is 23.6 Å². The number of alkyl halides is 3. The lowest BCUT2D eigenvalue weighted by molar-refractivity contribution is -0.138. The Kier molecular flexibility index (Phi) is 6.76. The molecule has 2 rings (SSSR count). The zero-order chi connectivity index (χ0) is 20.1. The van der Waals surface area contributed by atoms with Crippen LogP contribution in [0.3, 0.4) is 0 Å². The monoisotopic (exact) mass is 400 g/mol. The van der Waals surface area contributed by atoms with Crippen LogP contribution < -0.4 is 0 Å². The molecule has 0 aliphatic heterocycles. The molecule has 5 nitrogen and oxygen atoms in total. The van der Waals surface area contributed by atoms with Gasteiger partial charge in [-0.3, -0.25) is 4.79 Å². The molecule has 1 aliphatic rings. The summed E-state index contributed by atoms with van der Waals surface area (Å²) in [7, 11) is 1.52. The van der Waals surface area contributed by atoms with Crippen molar-refractivity contribution in [2.75, 3.05) is 13.7 Å². The molecule has 1 aliphatic carbocycles. The Morgan fingerprint density at radius 1 is 1.22 bits per heavy atom. The minimum absolute atomic E-state index is 0.0460. The van der Waals surface area contributed by atoms with Crippen LogP contribution in [-0.2, 0) is 9.53 Å². The van der Waals surface area contributed by atoms with E-state index in [-0.39, 0.29) is 22.2 Å². The van der Waals surface area contributed by atoms with Gasteiger partial charge in [0.25, 0.3) is 5.91 Å². The van der Waals surface area contributed by atoms with Crippen LogP contribution in [0.25, 0.3) is 0 Å². The Balaban J connectivity index is 1.92. The number of nitriles is 1. The summed E-state index contributed by atoms with van der Waals surface area (Å²) in [5.41, 5.74) is -5.24. The van der Waals surface area contributed by atoms with Crippen molar-refractivity contribution in [3.05, 3.63) is 29.8 Å². The maximum absolute atomic E-state index is 12.3. The standard InChI is InChI=1S/C18H19F3N2O3S/c1-23(17(12-22)9-3-2-4-10-17)15(24)11-26-16(25)13-5-7-14(8-6-13)27-18(19,20)21/h5-8H,2-4,9-11H2,1H3. The predicted octanol–water partition coefficient (Wildman–Crippen LogP) is 4.14. The lowest BCUT2D eigenvalue weighted by Crippen LogP contribution is -2.51. The number of rotatable bonds is 5. The fourth-order valence-electron chi connectivity index (χ4n) is 3.00. The molecule has 1 saturated carbocycles. The number of carbonyl (C=O) groups is 2. The van der Waals surface area contributed by atoms with Gasteiger partial charge in [-0.15, -0.1) is 0 Å². The lowest BCUT2D eigenvalue weighted by atomic mass is 9.81. The van der Waals surface area contributed by atoms with Gasteiger partial charge in [0.2, 0.25) is 0 Å².